The Morgan fingerprint density at radius 1 is 1.19 bits per heavy atom. The topological polar surface area (TPSA) is 70.0 Å². The van der Waals surface area contributed by atoms with E-state index in [0.29, 0.717) is 28.2 Å². The molecule has 0 unspecified atom stereocenters. The Bertz CT molecular complexity index is 661. The molecule has 21 heavy (non-hydrogen) atoms. The summed E-state index contributed by atoms with van der Waals surface area (Å²) in [4.78, 5) is 8.26. The molecule has 3 rings (SSSR count). The number of hydrogen-bond acceptors (Lipinski definition) is 6. The smallest absolute Gasteiger partial charge is 0.319 e. The van der Waals surface area contributed by atoms with E-state index in [9.17, 15) is 0 Å². The van der Waals surface area contributed by atoms with Gasteiger partial charge in [-0.15, -0.1) is 10.2 Å². The predicted octanol–water partition coefficient (Wildman–Crippen LogP) is 2.87. The van der Waals surface area contributed by atoms with Crippen LogP contribution in [0.2, 0.25) is 5.15 Å². The largest absolute Gasteiger partial charge is 0.480 e. The molecule has 0 spiro atoms. The van der Waals surface area contributed by atoms with Crippen molar-refractivity contribution in [3.63, 3.8) is 0 Å². The zero-order valence-electron chi connectivity index (χ0n) is 11.8. The van der Waals surface area contributed by atoms with Crippen LogP contribution in [-0.4, -0.2) is 34.4 Å². The second-order valence-corrected chi connectivity index (χ2v) is 5.24. The Labute approximate surface area is 127 Å². The average molecular weight is 307 g/mol. The molecule has 2 aromatic heterocycles. The lowest BCUT2D eigenvalue weighted by Crippen LogP contribution is -2.11. The van der Waals surface area contributed by atoms with E-state index in [0.717, 1.165) is 18.4 Å². The fraction of sp³-hybridized carbons (Fsp3) is 0.429. The summed E-state index contributed by atoms with van der Waals surface area (Å²) in [6.07, 6.45) is 5.13. The lowest BCUT2D eigenvalue weighted by atomic mass is 9.80. The molecule has 0 aromatic carbocycles. The molecular weight excluding hydrogens is 292 g/mol. The quantitative estimate of drug-likeness (QED) is 0.865. The molecule has 0 N–H and O–H groups in total. The van der Waals surface area contributed by atoms with Crippen LogP contribution < -0.4 is 9.47 Å². The van der Waals surface area contributed by atoms with Gasteiger partial charge in [-0.2, -0.15) is 4.98 Å². The first-order chi connectivity index (χ1) is 10.2. The van der Waals surface area contributed by atoms with E-state index in [4.69, 9.17) is 21.1 Å². The van der Waals surface area contributed by atoms with Crippen LogP contribution in [-0.2, 0) is 0 Å². The van der Waals surface area contributed by atoms with Crippen LogP contribution in [0.25, 0.3) is 11.3 Å². The Morgan fingerprint density at radius 2 is 2.00 bits per heavy atom. The Balaban J connectivity index is 2.03. The predicted molar refractivity (Wildman–Crippen MR) is 77.8 cm³/mol. The highest BCUT2D eigenvalue weighted by atomic mass is 35.5. The fourth-order valence-electron chi connectivity index (χ4n) is 2.31. The van der Waals surface area contributed by atoms with Gasteiger partial charge in [-0.3, -0.25) is 0 Å². The van der Waals surface area contributed by atoms with Gasteiger partial charge >= 0.3 is 6.01 Å². The molecular formula is C14H15ClN4O2. The molecule has 0 atom stereocenters. The number of methoxy groups -OCH3 is 2. The van der Waals surface area contributed by atoms with Crippen molar-refractivity contribution in [2.24, 2.45) is 0 Å². The molecule has 1 aliphatic carbocycles. The van der Waals surface area contributed by atoms with Crippen molar-refractivity contribution >= 4 is 11.6 Å². The maximum Gasteiger partial charge on any atom is 0.319 e. The van der Waals surface area contributed by atoms with E-state index in [1.54, 1.807) is 13.3 Å². The summed E-state index contributed by atoms with van der Waals surface area (Å²) in [7, 11) is 3.05. The third kappa shape index (κ3) is 2.63. The maximum absolute atomic E-state index is 6.16. The van der Waals surface area contributed by atoms with Crippen molar-refractivity contribution in [2.75, 3.05) is 14.2 Å². The third-order valence-electron chi connectivity index (χ3n) is 3.70. The van der Waals surface area contributed by atoms with E-state index in [-0.39, 0.29) is 6.01 Å². The fourth-order valence-corrected chi connectivity index (χ4v) is 2.56. The first-order valence-electron chi connectivity index (χ1n) is 6.71. The minimum Gasteiger partial charge on any atom is -0.480 e. The van der Waals surface area contributed by atoms with E-state index < -0.39 is 0 Å². The van der Waals surface area contributed by atoms with Crippen LogP contribution in [0.4, 0.5) is 0 Å². The summed E-state index contributed by atoms with van der Waals surface area (Å²) in [6.45, 7) is 0. The molecule has 0 aliphatic heterocycles. The maximum atomic E-state index is 6.16. The van der Waals surface area contributed by atoms with Gasteiger partial charge in [-0.1, -0.05) is 18.0 Å². The van der Waals surface area contributed by atoms with Crippen LogP contribution in [0.15, 0.2) is 12.3 Å². The summed E-state index contributed by atoms with van der Waals surface area (Å²) >= 11 is 6.16. The molecule has 1 aliphatic rings. The zero-order valence-corrected chi connectivity index (χ0v) is 12.6. The van der Waals surface area contributed by atoms with Crippen LogP contribution in [0.1, 0.15) is 30.7 Å². The van der Waals surface area contributed by atoms with Crippen molar-refractivity contribution in [3.8, 4) is 23.1 Å². The number of hydrogen-bond donors (Lipinski definition) is 0. The van der Waals surface area contributed by atoms with Crippen LogP contribution in [0.3, 0.4) is 0 Å². The van der Waals surface area contributed by atoms with Gasteiger partial charge in [0.1, 0.15) is 5.69 Å². The summed E-state index contributed by atoms with van der Waals surface area (Å²) < 4.78 is 10.3. The van der Waals surface area contributed by atoms with Gasteiger partial charge in [0.15, 0.2) is 5.15 Å². The highest BCUT2D eigenvalue weighted by Crippen LogP contribution is 2.40. The number of aromatic nitrogens is 4. The van der Waals surface area contributed by atoms with E-state index in [1.165, 1.54) is 13.5 Å². The molecule has 110 valence electrons. The normalized spacial score (nSPS) is 14.6. The minimum absolute atomic E-state index is 0.247. The standard InChI is InChI=1S/C14H15ClN4O2/c1-20-13-10(7-16-14(17-13)21-2)11-6-9(8-4-3-5-8)12(15)19-18-11/h6-8H,3-5H2,1-2H3. The average Bonchev–Trinajstić information content (AvgIpc) is 2.47. The number of ether oxygens (including phenoxy) is 2. The Hall–Kier alpha value is -1.95. The number of nitrogens with zero attached hydrogens (tertiary/aromatic N) is 4. The Morgan fingerprint density at radius 3 is 2.62 bits per heavy atom. The van der Waals surface area contributed by atoms with Gasteiger partial charge in [0.2, 0.25) is 5.88 Å². The van der Waals surface area contributed by atoms with Gasteiger partial charge < -0.3 is 9.47 Å². The first-order valence-corrected chi connectivity index (χ1v) is 7.09. The number of rotatable bonds is 4. The van der Waals surface area contributed by atoms with Crippen LogP contribution in [0, 0.1) is 0 Å². The second kappa shape index (κ2) is 5.81. The SMILES string of the molecule is COc1ncc(-c2cc(C3CCC3)c(Cl)nn2)c(OC)n1. The summed E-state index contributed by atoms with van der Waals surface area (Å²) in [5, 5.41) is 8.65. The molecule has 0 radical (unpaired) electrons. The highest BCUT2D eigenvalue weighted by Gasteiger charge is 2.24. The molecule has 7 heteroatoms. The zero-order chi connectivity index (χ0) is 14.8. The molecule has 0 amide bonds. The molecule has 1 fully saturated rings. The molecule has 1 saturated carbocycles. The van der Waals surface area contributed by atoms with Gasteiger partial charge in [-0.05, 0) is 30.4 Å². The van der Waals surface area contributed by atoms with E-state index >= 15 is 0 Å². The van der Waals surface area contributed by atoms with E-state index in [2.05, 4.69) is 20.2 Å². The summed E-state index contributed by atoms with van der Waals surface area (Å²) in [5.41, 5.74) is 2.36. The van der Waals surface area contributed by atoms with Gasteiger partial charge in [0.25, 0.3) is 0 Å². The Kier molecular flexibility index (Phi) is 3.88. The first kappa shape index (κ1) is 14.0. The van der Waals surface area contributed by atoms with Crippen molar-refractivity contribution in [3.05, 3.63) is 23.0 Å². The molecule has 6 nitrogen and oxygen atoms in total. The second-order valence-electron chi connectivity index (χ2n) is 4.88. The monoisotopic (exact) mass is 306 g/mol. The summed E-state index contributed by atoms with van der Waals surface area (Å²) in [6, 6.07) is 2.20. The van der Waals surface area contributed by atoms with Crippen molar-refractivity contribution in [2.45, 2.75) is 25.2 Å². The lowest BCUT2D eigenvalue weighted by Gasteiger charge is -2.26. The van der Waals surface area contributed by atoms with Crippen LogP contribution in [0.5, 0.6) is 11.9 Å². The van der Waals surface area contributed by atoms with Crippen molar-refractivity contribution < 1.29 is 9.47 Å². The van der Waals surface area contributed by atoms with Gasteiger partial charge in [-0.25, -0.2) is 4.98 Å². The van der Waals surface area contributed by atoms with Crippen molar-refractivity contribution in [1.82, 2.24) is 20.2 Å². The highest BCUT2D eigenvalue weighted by molar-refractivity contribution is 6.30. The number of halogens is 1. The van der Waals surface area contributed by atoms with Gasteiger partial charge in [0.05, 0.1) is 19.8 Å². The molecule has 2 heterocycles. The molecule has 2 aromatic rings. The van der Waals surface area contributed by atoms with E-state index in [1.807, 2.05) is 6.07 Å². The minimum atomic E-state index is 0.247. The third-order valence-corrected chi connectivity index (χ3v) is 4.00. The summed E-state index contributed by atoms with van der Waals surface area (Å²) in [5.74, 6) is 0.870. The van der Waals surface area contributed by atoms with Crippen LogP contribution >= 0.6 is 11.6 Å². The molecule has 0 bridgehead atoms. The lowest BCUT2D eigenvalue weighted by molar-refractivity contribution is 0.353. The molecule has 0 saturated heterocycles. The van der Waals surface area contributed by atoms with Gasteiger partial charge in [0, 0.05) is 6.20 Å². The van der Waals surface area contributed by atoms with Crippen molar-refractivity contribution in [1.29, 1.82) is 0 Å².